The second kappa shape index (κ2) is 11.4. The van der Waals surface area contributed by atoms with E-state index in [4.69, 9.17) is 24.5 Å². The third kappa shape index (κ3) is 7.19. The molecule has 3 aromatic rings. The van der Waals surface area contributed by atoms with Gasteiger partial charge in [-0.2, -0.15) is 0 Å². The van der Waals surface area contributed by atoms with Crippen molar-refractivity contribution in [2.75, 3.05) is 13.6 Å². The van der Waals surface area contributed by atoms with Gasteiger partial charge in [0.15, 0.2) is 0 Å². The number of ether oxygens (including phenoxy) is 1. The normalized spacial score (nSPS) is 10.2. The maximum absolute atomic E-state index is 9.10. The Balaban J connectivity index is 0.000000501. The van der Waals surface area contributed by atoms with Crippen molar-refractivity contribution in [1.82, 2.24) is 9.47 Å². The van der Waals surface area contributed by atoms with Gasteiger partial charge in [0.25, 0.3) is 0 Å². The molecule has 1 heterocycles. The van der Waals surface area contributed by atoms with Gasteiger partial charge in [-0.05, 0) is 43.0 Å². The number of nitrogens with zero attached hydrogens (tertiary/aromatic N) is 2. The summed E-state index contributed by atoms with van der Waals surface area (Å²) in [6.45, 7) is 5.92. The van der Waals surface area contributed by atoms with Crippen molar-refractivity contribution >= 4 is 22.8 Å². The van der Waals surface area contributed by atoms with E-state index in [2.05, 4.69) is 66.2 Å². The van der Waals surface area contributed by atoms with Crippen LogP contribution in [0, 0.1) is 0 Å². The minimum absolute atomic E-state index is 0.586. The molecule has 0 aliphatic rings. The molecule has 2 aromatic carbocycles. The van der Waals surface area contributed by atoms with Crippen molar-refractivity contribution in [2.24, 2.45) is 7.05 Å². The van der Waals surface area contributed by atoms with Crippen molar-refractivity contribution in [3.8, 4) is 5.75 Å². The van der Waals surface area contributed by atoms with E-state index in [1.807, 2.05) is 30.3 Å². The molecule has 0 fully saturated rings. The fourth-order valence-electron chi connectivity index (χ4n) is 2.93. The molecule has 7 nitrogen and oxygen atoms in total. The fraction of sp³-hybridized carbons (Fsp3) is 0.208. The molecule has 0 unspecified atom stereocenters. The Labute approximate surface area is 181 Å². The van der Waals surface area contributed by atoms with Gasteiger partial charge in [-0.15, -0.1) is 5.73 Å². The summed E-state index contributed by atoms with van der Waals surface area (Å²) in [5.74, 6) is -2.75. The van der Waals surface area contributed by atoms with Crippen LogP contribution in [0.5, 0.6) is 5.75 Å². The zero-order valence-electron chi connectivity index (χ0n) is 17.6. The number of rotatable bonds is 7. The lowest BCUT2D eigenvalue weighted by Crippen LogP contribution is -2.19. The Kier molecular flexibility index (Phi) is 8.64. The van der Waals surface area contributed by atoms with Crippen LogP contribution in [0.25, 0.3) is 10.9 Å². The maximum Gasteiger partial charge on any atom is 0.414 e. The summed E-state index contributed by atoms with van der Waals surface area (Å²) in [5, 5.41) is 16.0. The summed E-state index contributed by atoms with van der Waals surface area (Å²) >= 11 is 0. The van der Waals surface area contributed by atoms with E-state index in [-0.39, 0.29) is 0 Å². The van der Waals surface area contributed by atoms with Crippen molar-refractivity contribution in [2.45, 2.75) is 13.2 Å². The summed E-state index contributed by atoms with van der Waals surface area (Å²) in [6.07, 6.45) is 1.94. The SMILES string of the molecule is C=C=CCN(C)Cc1cc2cc(OCc3ccccc3)ccc2n1C.O=C(O)C(=O)O. The van der Waals surface area contributed by atoms with Crippen molar-refractivity contribution < 1.29 is 24.5 Å². The number of aryl methyl sites for hydroxylation is 1. The number of aliphatic carboxylic acids is 2. The number of likely N-dealkylation sites (N-methyl/N-ethyl adjacent to an activating group) is 1. The van der Waals surface area contributed by atoms with E-state index < -0.39 is 11.9 Å². The molecule has 3 rings (SSSR count). The molecule has 1 aromatic heterocycles. The smallest absolute Gasteiger partial charge is 0.414 e. The molecule has 7 heteroatoms. The Bertz CT molecular complexity index is 1070. The van der Waals surface area contributed by atoms with Gasteiger partial charge >= 0.3 is 11.9 Å². The Hall–Kier alpha value is -3.80. The molecule has 0 aliphatic heterocycles. The third-order valence-electron chi connectivity index (χ3n) is 4.52. The Morgan fingerprint density at radius 1 is 1.13 bits per heavy atom. The zero-order chi connectivity index (χ0) is 22.8. The first-order chi connectivity index (χ1) is 14.8. The first kappa shape index (κ1) is 23.5. The van der Waals surface area contributed by atoms with E-state index in [1.54, 1.807) is 0 Å². The first-order valence-corrected chi connectivity index (χ1v) is 9.56. The van der Waals surface area contributed by atoms with E-state index in [9.17, 15) is 0 Å². The Morgan fingerprint density at radius 3 is 2.42 bits per heavy atom. The maximum atomic E-state index is 9.10. The second-order valence-electron chi connectivity index (χ2n) is 6.90. The lowest BCUT2D eigenvalue weighted by molar-refractivity contribution is -0.159. The summed E-state index contributed by atoms with van der Waals surface area (Å²) in [7, 11) is 4.21. The van der Waals surface area contributed by atoms with Crippen LogP contribution < -0.4 is 4.74 Å². The number of carboxylic acid groups (broad SMARTS) is 2. The standard InChI is InChI=1S/C22H24N2O.C2H2O4/c1-4-5-13-23(2)16-20-14-19-15-21(11-12-22(19)24(20)3)25-17-18-9-7-6-8-10-18;3-1(4)2(5)6/h5-12,14-15H,1,13,16-17H2,2-3H3;(H,3,4)(H,5,6). The number of carbonyl (C=O) groups is 2. The van der Waals surface area contributed by atoms with Crippen molar-refractivity contribution in [3.63, 3.8) is 0 Å². The van der Waals surface area contributed by atoms with E-state index in [0.29, 0.717) is 6.61 Å². The largest absolute Gasteiger partial charge is 0.489 e. The highest BCUT2D eigenvalue weighted by Gasteiger charge is 2.09. The van der Waals surface area contributed by atoms with Gasteiger partial charge in [0.05, 0.1) is 0 Å². The number of aromatic nitrogens is 1. The number of carboxylic acids is 2. The molecule has 0 atom stereocenters. The average molecular weight is 422 g/mol. The predicted molar refractivity (Wildman–Crippen MR) is 119 cm³/mol. The van der Waals surface area contributed by atoms with Crippen molar-refractivity contribution in [3.05, 3.63) is 84.2 Å². The molecule has 0 saturated heterocycles. The highest BCUT2D eigenvalue weighted by molar-refractivity contribution is 6.27. The van der Waals surface area contributed by atoms with Gasteiger partial charge in [0.1, 0.15) is 12.4 Å². The summed E-state index contributed by atoms with van der Waals surface area (Å²) in [6, 6.07) is 18.8. The number of benzene rings is 2. The predicted octanol–water partition coefficient (Wildman–Crippen LogP) is 3.69. The molecule has 0 amide bonds. The quantitative estimate of drug-likeness (QED) is 0.446. The van der Waals surface area contributed by atoms with E-state index in [1.165, 1.54) is 22.2 Å². The molecule has 31 heavy (non-hydrogen) atoms. The average Bonchev–Trinajstić information content (AvgIpc) is 3.06. The van der Waals surface area contributed by atoms with Crippen LogP contribution in [-0.4, -0.2) is 45.2 Å². The molecule has 2 N–H and O–H groups in total. The van der Waals surface area contributed by atoms with Crippen LogP contribution in [0.2, 0.25) is 0 Å². The molecule has 0 bridgehead atoms. The van der Waals surface area contributed by atoms with Crippen LogP contribution in [0.3, 0.4) is 0 Å². The molecule has 0 aliphatic carbocycles. The minimum atomic E-state index is -1.82. The van der Waals surface area contributed by atoms with Crippen LogP contribution in [0.1, 0.15) is 11.3 Å². The van der Waals surface area contributed by atoms with Crippen LogP contribution in [-0.2, 0) is 29.8 Å². The lowest BCUT2D eigenvalue weighted by atomic mass is 10.2. The molecule has 0 radical (unpaired) electrons. The lowest BCUT2D eigenvalue weighted by Gasteiger charge is -2.14. The van der Waals surface area contributed by atoms with Gasteiger partial charge in [-0.25, -0.2) is 9.59 Å². The number of hydrogen-bond acceptors (Lipinski definition) is 4. The first-order valence-electron chi connectivity index (χ1n) is 9.56. The van der Waals surface area contributed by atoms with Crippen LogP contribution in [0.4, 0.5) is 0 Å². The molecule has 162 valence electrons. The van der Waals surface area contributed by atoms with E-state index >= 15 is 0 Å². The number of hydrogen-bond donors (Lipinski definition) is 2. The molecular weight excluding hydrogens is 396 g/mol. The van der Waals surface area contributed by atoms with Crippen molar-refractivity contribution in [1.29, 1.82) is 0 Å². The summed E-state index contributed by atoms with van der Waals surface area (Å²) in [5.41, 5.74) is 6.49. The second-order valence-corrected chi connectivity index (χ2v) is 6.90. The van der Waals surface area contributed by atoms with Gasteiger partial charge in [0.2, 0.25) is 0 Å². The van der Waals surface area contributed by atoms with E-state index in [0.717, 1.165) is 18.8 Å². The fourth-order valence-corrected chi connectivity index (χ4v) is 2.93. The zero-order valence-corrected chi connectivity index (χ0v) is 17.6. The summed E-state index contributed by atoms with van der Waals surface area (Å²) < 4.78 is 8.18. The number of fused-ring (bicyclic) bond motifs is 1. The van der Waals surface area contributed by atoms with Gasteiger partial charge in [0, 0.05) is 36.7 Å². The molecule has 0 saturated carbocycles. The third-order valence-corrected chi connectivity index (χ3v) is 4.52. The molecular formula is C24H26N2O5. The Morgan fingerprint density at radius 2 is 1.81 bits per heavy atom. The highest BCUT2D eigenvalue weighted by atomic mass is 16.5. The van der Waals surface area contributed by atoms with Gasteiger partial charge in [-0.1, -0.05) is 36.9 Å². The topological polar surface area (TPSA) is 92.0 Å². The van der Waals surface area contributed by atoms with Gasteiger partial charge in [-0.3, -0.25) is 4.90 Å². The monoisotopic (exact) mass is 422 g/mol. The van der Waals surface area contributed by atoms with Gasteiger partial charge < -0.3 is 19.5 Å². The minimum Gasteiger partial charge on any atom is -0.489 e. The van der Waals surface area contributed by atoms with Crippen LogP contribution >= 0.6 is 0 Å². The van der Waals surface area contributed by atoms with Crippen LogP contribution in [0.15, 0.2) is 73.0 Å². The molecule has 0 spiro atoms. The highest BCUT2D eigenvalue weighted by Crippen LogP contribution is 2.25. The summed E-state index contributed by atoms with van der Waals surface area (Å²) in [4.78, 5) is 20.4.